The van der Waals surface area contributed by atoms with E-state index < -0.39 is 5.54 Å². The maximum Gasteiger partial charge on any atom is 0.325 e. The molecule has 0 heterocycles. The average molecular weight is 255 g/mol. The third kappa shape index (κ3) is 4.27. The SMILES string of the molecule is CCOC(=O)C(C)(C)N(C)CCC1CCCCC1. The topological polar surface area (TPSA) is 29.5 Å². The number of ether oxygens (including phenoxy) is 1. The summed E-state index contributed by atoms with van der Waals surface area (Å²) < 4.78 is 5.14. The lowest BCUT2D eigenvalue weighted by molar-refractivity contribution is -0.155. The number of esters is 1. The minimum Gasteiger partial charge on any atom is -0.465 e. The van der Waals surface area contributed by atoms with Crippen molar-refractivity contribution >= 4 is 5.97 Å². The van der Waals surface area contributed by atoms with Gasteiger partial charge in [0, 0.05) is 0 Å². The van der Waals surface area contributed by atoms with Crippen LogP contribution in [0.5, 0.6) is 0 Å². The van der Waals surface area contributed by atoms with Crippen molar-refractivity contribution < 1.29 is 9.53 Å². The Kier molecular flexibility index (Phi) is 6.13. The lowest BCUT2D eigenvalue weighted by Gasteiger charge is -2.34. The minimum absolute atomic E-state index is 0.115. The predicted octanol–water partition coefficient (Wildman–Crippen LogP) is 3.23. The second-order valence-corrected chi connectivity index (χ2v) is 5.99. The van der Waals surface area contributed by atoms with E-state index in [1.807, 2.05) is 27.8 Å². The Morgan fingerprint density at radius 1 is 1.28 bits per heavy atom. The van der Waals surface area contributed by atoms with Crippen LogP contribution in [0.3, 0.4) is 0 Å². The van der Waals surface area contributed by atoms with E-state index in [1.54, 1.807) is 0 Å². The van der Waals surface area contributed by atoms with E-state index in [0.29, 0.717) is 6.61 Å². The molecule has 0 radical (unpaired) electrons. The molecule has 3 nitrogen and oxygen atoms in total. The zero-order chi connectivity index (χ0) is 13.6. The van der Waals surface area contributed by atoms with Crippen molar-refractivity contribution in [3.63, 3.8) is 0 Å². The van der Waals surface area contributed by atoms with Gasteiger partial charge >= 0.3 is 5.97 Å². The summed E-state index contributed by atoms with van der Waals surface area (Å²) in [5.41, 5.74) is -0.509. The summed E-state index contributed by atoms with van der Waals surface area (Å²) in [6.07, 6.45) is 8.12. The van der Waals surface area contributed by atoms with Crippen molar-refractivity contribution in [2.45, 2.75) is 64.8 Å². The van der Waals surface area contributed by atoms with E-state index >= 15 is 0 Å². The van der Waals surface area contributed by atoms with Crippen molar-refractivity contribution in [2.24, 2.45) is 5.92 Å². The summed E-state index contributed by atoms with van der Waals surface area (Å²) in [6, 6.07) is 0. The molecule has 1 fully saturated rings. The molecule has 1 aliphatic carbocycles. The second-order valence-electron chi connectivity index (χ2n) is 5.99. The van der Waals surface area contributed by atoms with Gasteiger partial charge in [0.05, 0.1) is 6.61 Å². The van der Waals surface area contributed by atoms with Crippen LogP contribution in [-0.4, -0.2) is 36.6 Å². The minimum atomic E-state index is -0.509. The fourth-order valence-electron chi connectivity index (χ4n) is 2.60. The molecule has 0 atom stereocenters. The van der Waals surface area contributed by atoms with Gasteiger partial charge in [0.15, 0.2) is 0 Å². The van der Waals surface area contributed by atoms with Crippen molar-refractivity contribution in [3.8, 4) is 0 Å². The fraction of sp³-hybridized carbons (Fsp3) is 0.933. The standard InChI is InChI=1S/C15H29NO2/c1-5-18-14(17)15(2,3)16(4)12-11-13-9-7-6-8-10-13/h13H,5-12H2,1-4H3. The van der Waals surface area contributed by atoms with Gasteiger partial charge in [-0.15, -0.1) is 0 Å². The number of carbonyl (C=O) groups is 1. The first kappa shape index (κ1) is 15.5. The van der Waals surface area contributed by atoms with Gasteiger partial charge in [0.2, 0.25) is 0 Å². The molecule has 18 heavy (non-hydrogen) atoms. The first-order chi connectivity index (χ1) is 8.48. The van der Waals surface area contributed by atoms with Crippen LogP contribution in [-0.2, 0) is 9.53 Å². The highest BCUT2D eigenvalue weighted by molar-refractivity contribution is 5.79. The van der Waals surface area contributed by atoms with Gasteiger partial charge in [-0.05, 0) is 46.7 Å². The Morgan fingerprint density at radius 3 is 2.44 bits per heavy atom. The van der Waals surface area contributed by atoms with Crippen LogP contribution in [0.15, 0.2) is 0 Å². The van der Waals surface area contributed by atoms with E-state index in [0.717, 1.165) is 12.5 Å². The lowest BCUT2D eigenvalue weighted by atomic mass is 9.86. The molecule has 0 aromatic heterocycles. The third-order valence-corrected chi connectivity index (χ3v) is 4.33. The van der Waals surface area contributed by atoms with Crippen molar-refractivity contribution in [1.29, 1.82) is 0 Å². The Balaban J connectivity index is 2.37. The van der Waals surface area contributed by atoms with Crippen molar-refractivity contribution in [1.82, 2.24) is 4.90 Å². The summed E-state index contributed by atoms with van der Waals surface area (Å²) in [5, 5.41) is 0. The number of hydrogen-bond donors (Lipinski definition) is 0. The molecule has 0 aromatic carbocycles. The molecule has 0 aliphatic heterocycles. The maximum atomic E-state index is 11.9. The highest BCUT2D eigenvalue weighted by atomic mass is 16.5. The van der Waals surface area contributed by atoms with Crippen LogP contribution in [0.1, 0.15) is 59.3 Å². The quantitative estimate of drug-likeness (QED) is 0.682. The molecule has 3 heteroatoms. The molecular formula is C15H29NO2. The molecule has 0 unspecified atom stereocenters. The number of hydrogen-bond acceptors (Lipinski definition) is 3. The zero-order valence-electron chi connectivity index (χ0n) is 12.5. The monoisotopic (exact) mass is 255 g/mol. The largest absolute Gasteiger partial charge is 0.465 e. The number of likely N-dealkylation sites (N-methyl/N-ethyl adjacent to an activating group) is 1. The first-order valence-corrected chi connectivity index (χ1v) is 7.37. The van der Waals surface area contributed by atoms with E-state index in [4.69, 9.17) is 4.74 Å². The van der Waals surface area contributed by atoms with Crippen LogP contribution >= 0.6 is 0 Å². The van der Waals surface area contributed by atoms with Gasteiger partial charge in [-0.25, -0.2) is 0 Å². The molecule has 1 saturated carbocycles. The van der Waals surface area contributed by atoms with Crippen LogP contribution < -0.4 is 0 Å². The lowest BCUT2D eigenvalue weighted by Crippen LogP contribution is -2.49. The fourth-order valence-corrected chi connectivity index (χ4v) is 2.60. The molecule has 0 aromatic rings. The average Bonchev–Trinajstić information content (AvgIpc) is 2.37. The molecule has 1 rings (SSSR count). The molecule has 0 bridgehead atoms. The van der Waals surface area contributed by atoms with E-state index in [1.165, 1.54) is 38.5 Å². The molecule has 0 N–H and O–H groups in total. The van der Waals surface area contributed by atoms with Gasteiger partial charge in [0.25, 0.3) is 0 Å². The molecule has 1 aliphatic rings. The Hall–Kier alpha value is -0.570. The first-order valence-electron chi connectivity index (χ1n) is 7.37. The molecular weight excluding hydrogens is 226 g/mol. The zero-order valence-corrected chi connectivity index (χ0v) is 12.5. The van der Waals surface area contributed by atoms with Gasteiger partial charge < -0.3 is 4.74 Å². The summed E-state index contributed by atoms with van der Waals surface area (Å²) in [6.45, 7) is 7.20. The molecule has 0 amide bonds. The predicted molar refractivity (Wildman–Crippen MR) is 74.5 cm³/mol. The number of rotatable bonds is 6. The van der Waals surface area contributed by atoms with Crippen LogP contribution in [0.2, 0.25) is 0 Å². The van der Waals surface area contributed by atoms with Gasteiger partial charge in [-0.1, -0.05) is 32.1 Å². The summed E-state index contributed by atoms with van der Waals surface area (Å²) in [5.74, 6) is 0.746. The van der Waals surface area contributed by atoms with E-state index in [-0.39, 0.29) is 5.97 Å². The highest BCUT2D eigenvalue weighted by Crippen LogP contribution is 2.27. The summed E-state index contributed by atoms with van der Waals surface area (Å²) >= 11 is 0. The summed E-state index contributed by atoms with van der Waals surface area (Å²) in [7, 11) is 2.03. The smallest absolute Gasteiger partial charge is 0.325 e. The molecule has 0 spiro atoms. The Bertz CT molecular complexity index is 257. The van der Waals surface area contributed by atoms with Gasteiger partial charge in [0.1, 0.15) is 5.54 Å². The normalized spacial score (nSPS) is 18.1. The number of nitrogens with zero attached hydrogens (tertiary/aromatic N) is 1. The van der Waals surface area contributed by atoms with E-state index in [2.05, 4.69) is 4.90 Å². The second kappa shape index (κ2) is 7.13. The van der Waals surface area contributed by atoms with E-state index in [9.17, 15) is 4.79 Å². The van der Waals surface area contributed by atoms with Crippen LogP contribution in [0, 0.1) is 5.92 Å². The Labute approximate surface area is 112 Å². The highest BCUT2D eigenvalue weighted by Gasteiger charge is 2.33. The summed E-state index contributed by atoms with van der Waals surface area (Å²) in [4.78, 5) is 14.0. The van der Waals surface area contributed by atoms with Gasteiger partial charge in [-0.3, -0.25) is 9.69 Å². The molecule has 106 valence electrons. The van der Waals surface area contributed by atoms with Gasteiger partial charge in [-0.2, -0.15) is 0 Å². The van der Waals surface area contributed by atoms with Crippen LogP contribution in [0.25, 0.3) is 0 Å². The third-order valence-electron chi connectivity index (χ3n) is 4.33. The Morgan fingerprint density at radius 2 is 1.89 bits per heavy atom. The van der Waals surface area contributed by atoms with Crippen molar-refractivity contribution in [2.75, 3.05) is 20.2 Å². The van der Waals surface area contributed by atoms with Crippen molar-refractivity contribution in [3.05, 3.63) is 0 Å². The number of carbonyl (C=O) groups excluding carboxylic acids is 1. The maximum absolute atomic E-state index is 11.9. The molecule has 0 saturated heterocycles. The van der Waals surface area contributed by atoms with Crippen LogP contribution in [0.4, 0.5) is 0 Å².